The van der Waals surface area contributed by atoms with E-state index in [1.165, 1.54) is 12.1 Å². The molecule has 0 bridgehead atoms. The summed E-state index contributed by atoms with van der Waals surface area (Å²) in [5.41, 5.74) is 4.06. The monoisotopic (exact) mass is 468 g/mol. The summed E-state index contributed by atoms with van der Waals surface area (Å²) in [5.74, 6) is 0.942. The highest BCUT2D eigenvalue weighted by molar-refractivity contribution is 5.94. The van der Waals surface area contributed by atoms with Gasteiger partial charge in [0.15, 0.2) is 0 Å². The van der Waals surface area contributed by atoms with Crippen LogP contribution in [0.15, 0.2) is 89.3 Å². The molecule has 1 aliphatic heterocycles. The van der Waals surface area contributed by atoms with Gasteiger partial charge in [-0.25, -0.2) is 4.39 Å². The summed E-state index contributed by atoms with van der Waals surface area (Å²) in [7, 11) is 0. The highest BCUT2D eigenvalue weighted by Crippen LogP contribution is 2.31. The zero-order valence-electron chi connectivity index (χ0n) is 19.2. The zero-order chi connectivity index (χ0) is 24.2. The number of nitrogens with zero attached hydrogens (tertiary/aromatic N) is 1. The highest BCUT2D eigenvalue weighted by Gasteiger charge is 2.25. The van der Waals surface area contributed by atoms with E-state index in [9.17, 15) is 14.0 Å². The number of fused-ring (bicyclic) bond motifs is 1. The van der Waals surface area contributed by atoms with Crippen molar-refractivity contribution in [1.82, 2.24) is 4.90 Å². The lowest BCUT2D eigenvalue weighted by Gasteiger charge is -2.26. The number of carbonyl (C=O) groups excluding carboxylic acids is 2. The molecule has 0 spiro atoms. The lowest BCUT2D eigenvalue weighted by molar-refractivity contribution is -0.116. The van der Waals surface area contributed by atoms with Gasteiger partial charge in [-0.2, -0.15) is 0 Å². The maximum Gasteiger partial charge on any atom is 0.254 e. The van der Waals surface area contributed by atoms with Crippen LogP contribution in [-0.2, 0) is 24.2 Å². The van der Waals surface area contributed by atoms with E-state index in [0.717, 1.165) is 33.9 Å². The van der Waals surface area contributed by atoms with Gasteiger partial charge < -0.3 is 14.6 Å². The Morgan fingerprint density at radius 3 is 2.51 bits per heavy atom. The number of hydrogen-bond donors (Lipinski definition) is 1. The number of furan rings is 1. The third kappa shape index (κ3) is 5.32. The van der Waals surface area contributed by atoms with Crippen LogP contribution < -0.4 is 5.32 Å². The van der Waals surface area contributed by atoms with E-state index < -0.39 is 5.82 Å². The van der Waals surface area contributed by atoms with Gasteiger partial charge in [-0.1, -0.05) is 36.4 Å². The first-order chi connectivity index (χ1) is 17.0. The summed E-state index contributed by atoms with van der Waals surface area (Å²) in [5, 5.41) is 2.94. The van der Waals surface area contributed by atoms with E-state index in [1.54, 1.807) is 17.0 Å². The van der Waals surface area contributed by atoms with Gasteiger partial charge in [-0.05, 0) is 60.5 Å². The van der Waals surface area contributed by atoms with Crippen molar-refractivity contribution in [1.29, 1.82) is 0 Å². The minimum Gasteiger partial charge on any atom is -0.461 e. The van der Waals surface area contributed by atoms with Crippen LogP contribution in [0.2, 0.25) is 0 Å². The number of aryl methyl sites for hydroxylation is 1. The number of benzene rings is 3. The highest BCUT2D eigenvalue weighted by atomic mass is 19.1. The van der Waals surface area contributed by atoms with Crippen LogP contribution in [0.25, 0.3) is 11.3 Å². The van der Waals surface area contributed by atoms with Gasteiger partial charge in [0.1, 0.15) is 17.3 Å². The number of amides is 2. The molecule has 176 valence electrons. The van der Waals surface area contributed by atoms with Gasteiger partial charge in [0, 0.05) is 48.3 Å². The van der Waals surface area contributed by atoms with E-state index in [1.807, 2.05) is 60.7 Å². The topological polar surface area (TPSA) is 62.6 Å². The first-order valence-electron chi connectivity index (χ1n) is 11.7. The maximum atomic E-state index is 13.5. The van der Waals surface area contributed by atoms with Crippen LogP contribution in [-0.4, -0.2) is 23.3 Å². The molecule has 1 N–H and O–H groups in total. The molecule has 35 heavy (non-hydrogen) atoms. The van der Waals surface area contributed by atoms with Crippen LogP contribution >= 0.6 is 0 Å². The van der Waals surface area contributed by atoms with Gasteiger partial charge in [-0.3, -0.25) is 9.59 Å². The molecule has 0 radical (unpaired) electrons. The Labute approximate surface area is 203 Å². The molecule has 0 aliphatic carbocycles. The summed E-state index contributed by atoms with van der Waals surface area (Å²) < 4.78 is 19.6. The van der Waals surface area contributed by atoms with Crippen LogP contribution in [0.1, 0.15) is 33.7 Å². The molecule has 0 unspecified atom stereocenters. The first kappa shape index (κ1) is 22.6. The molecule has 5 rings (SSSR count). The summed E-state index contributed by atoms with van der Waals surface area (Å²) >= 11 is 0. The van der Waals surface area contributed by atoms with E-state index in [2.05, 4.69) is 5.32 Å². The summed E-state index contributed by atoms with van der Waals surface area (Å²) in [4.78, 5) is 26.8. The van der Waals surface area contributed by atoms with Gasteiger partial charge in [-0.15, -0.1) is 0 Å². The number of anilines is 1. The Balaban J connectivity index is 1.21. The molecule has 6 heteroatoms. The van der Waals surface area contributed by atoms with E-state index in [-0.39, 0.29) is 11.8 Å². The quantitative estimate of drug-likeness (QED) is 0.386. The summed E-state index contributed by atoms with van der Waals surface area (Å²) in [6.45, 7) is 0.937. The standard InChI is InChI=1S/C29H25FN2O3/c30-24-8-4-7-22(17-24)29(34)32-16-15-26-23(19-32)18-27(35-26)21-10-12-25(13-11-21)31-28(33)14-9-20-5-2-1-3-6-20/h1-8,10-13,17-18H,9,14-16,19H2,(H,31,33). The molecule has 4 aromatic rings. The Kier molecular flexibility index (Phi) is 6.44. The fourth-order valence-corrected chi connectivity index (χ4v) is 4.30. The van der Waals surface area contributed by atoms with Gasteiger partial charge in [0.25, 0.3) is 5.91 Å². The predicted molar refractivity (Wildman–Crippen MR) is 132 cm³/mol. The molecule has 0 fully saturated rings. The van der Waals surface area contributed by atoms with Crippen molar-refractivity contribution in [3.8, 4) is 11.3 Å². The SMILES string of the molecule is O=C(CCc1ccccc1)Nc1ccc(-c2cc3c(o2)CCN(C(=O)c2cccc(F)c2)C3)cc1. The average molecular weight is 469 g/mol. The minimum atomic E-state index is -0.421. The van der Waals surface area contributed by atoms with Crippen molar-refractivity contribution in [3.63, 3.8) is 0 Å². The fourth-order valence-electron chi connectivity index (χ4n) is 4.30. The van der Waals surface area contributed by atoms with E-state index >= 15 is 0 Å². The molecule has 2 amide bonds. The Bertz CT molecular complexity index is 1350. The van der Waals surface area contributed by atoms with Crippen molar-refractivity contribution >= 4 is 17.5 Å². The van der Waals surface area contributed by atoms with Crippen LogP contribution in [0.4, 0.5) is 10.1 Å². The molecule has 0 saturated heterocycles. The maximum absolute atomic E-state index is 13.5. The van der Waals surface area contributed by atoms with Gasteiger partial charge in [0.2, 0.25) is 5.91 Å². The number of carbonyl (C=O) groups is 2. The van der Waals surface area contributed by atoms with Crippen LogP contribution in [0.3, 0.4) is 0 Å². The molecule has 2 heterocycles. The average Bonchev–Trinajstić information content (AvgIpc) is 3.31. The smallest absolute Gasteiger partial charge is 0.254 e. The second-order valence-electron chi connectivity index (χ2n) is 8.66. The largest absolute Gasteiger partial charge is 0.461 e. The predicted octanol–water partition coefficient (Wildman–Crippen LogP) is 5.86. The molecule has 3 aromatic carbocycles. The van der Waals surface area contributed by atoms with Crippen molar-refractivity contribution in [2.45, 2.75) is 25.8 Å². The zero-order valence-corrected chi connectivity index (χ0v) is 19.2. The molecule has 0 atom stereocenters. The van der Waals surface area contributed by atoms with Crippen LogP contribution in [0, 0.1) is 5.82 Å². The van der Waals surface area contributed by atoms with Crippen LogP contribution in [0.5, 0.6) is 0 Å². The molecule has 1 aliphatic rings. The fraction of sp³-hybridized carbons (Fsp3) is 0.172. The lowest BCUT2D eigenvalue weighted by Crippen LogP contribution is -2.35. The Hall–Kier alpha value is -4.19. The number of halogens is 1. The second kappa shape index (κ2) is 9.97. The lowest BCUT2D eigenvalue weighted by atomic mass is 10.1. The van der Waals surface area contributed by atoms with Crippen molar-refractivity contribution in [2.24, 2.45) is 0 Å². The van der Waals surface area contributed by atoms with Crippen molar-refractivity contribution < 1.29 is 18.4 Å². The number of hydrogen-bond acceptors (Lipinski definition) is 3. The Morgan fingerprint density at radius 2 is 1.74 bits per heavy atom. The second-order valence-corrected chi connectivity index (χ2v) is 8.66. The van der Waals surface area contributed by atoms with E-state index in [0.29, 0.717) is 37.9 Å². The normalized spacial score (nSPS) is 12.8. The molecular formula is C29H25FN2O3. The van der Waals surface area contributed by atoms with Gasteiger partial charge >= 0.3 is 0 Å². The molecule has 5 nitrogen and oxygen atoms in total. The third-order valence-electron chi connectivity index (χ3n) is 6.16. The Morgan fingerprint density at radius 1 is 0.943 bits per heavy atom. The molecule has 1 aromatic heterocycles. The number of rotatable bonds is 6. The molecular weight excluding hydrogens is 443 g/mol. The third-order valence-corrected chi connectivity index (χ3v) is 6.16. The molecule has 0 saturated carbocycles. The van der Waals surface area contributed by atoms with Crippen molar-refractivity contribution in [2.75, 3.05) is 11.9 Å². The number of nitrogens with one attached hydrogen (secondary N) is 1. The first-order valence-corrected chi connectivity index (χ1v) is 11.7. The van der Waals surface area contributed by atoms with Gasteiger partial charge in [0.05, 0.1) is 0 Å². The summed E-state index contributed by atoms with van der Waals surface area (Å²) in [6, 6.07) is 25.2. The van der Waals surface area contributed by atoms with Crippen molar-refractivity contribution in [3.05, 3.63) is 113 Å². The van der Waals surface area contributed by atoms with E-state index in [4.69, 9.17) is 4.42 Å². The summed E-state index contributed by atoms with van der Waals surface area (Å²) in [6.07, 6.45) is 1.72. The minimum absolute atomic E-state index is 0.0295.